The van der Waals surface area contributed by atoms with Crippen LogP contribution in [-0.2, 0) is 4.43 Å². The molecule has 3 atom stereocenters. The van der Waals surface area contributed by atoms with E-state index in [0.29, 0.717) is 25.3 Å². The van der Waals surface area contributed by atoms with Gasteiger partial charge < -0.3 is 25.5 Å². The number of hydrogen-bond donors (Lipinski definition) is 3. The molecule has 2 heterocycles. The summed E-state index contributed by atoms with van der Waals surface area (Å²) >= 11 is 6.10. The van der Waals surface area contributed by atoms with Crippen molar-refractivity contribution in [2.24, 2.45) is 17.1 Å². The monoisotopic (exact) mass is 498 g/mol. The summed E-state index contributed by atoms with van der Waals surface area (Å²) in [5.74, 6) is -0.761. The minimum Gasteiger partial charge on any atom is -0.465 e. The van der Waals surface area contributed by atoms with E-state index in [0.717, 1.165) is 0 Å². The third kappa shape index (κ3) is 6.39. The van der Waals surface area contributed by atoms with Crippen LogP contribution in [0.15, 0.2) is 12.3 Å². The Bertz CT molecular complexity index is 882. The number of aromatic nitrogens is 1. The molecule has 0 aliphatic carbocycles. The van der Waals surface area contributed by atoms with Crippen molar-refractivity contribution in [3.05, 3.63) is 23.0 Å². The zero-order valence-corrected chi connectivity index (χ0v) is 22.8. The van der Waals surface area contributed by atoms with Gasteiger partial charge in [-0.1, -0.05) is 53.1 Å². The van der Waals surface area contributed by atoms with Gasteiger partial charge in [0.15, 0.2) is 8.32 Å². The number of carboxylic acid groups (broad SMARTS) is 1. The molecule has 0 bridgehead atoms. The summed E-state index contributed by atoms with van der Waals surface area (Å²) in [4.78, 5) is 29.7. The molecular weight excluding hydrogens is 460 g/mol. The number of anilines is 1. The third-order valence-corrected chi connectivity index (χ3v) is 11.7. The Morgan fingerprint density at radius 1 is 1.30 bits per heavy atom. The molecule has 0 spiro atoms. The number of likely N-dealkylation sites (tertiary alicyclic amines) is 1. The first-order chi connectivity index (χ1) is 15.0. The Morgan fingerprint density at radius 2 is 1.91 bits per heavy atom. The van der Waals surface area contributed by atoms with E-state index < -0.39 is 20.3 Å². The SMILES string of the molecule is CC(C)(C)C1[C@@H](CO[Si](C)(C)C(C)(C)C)[C@H](Nc2cc(Cl)ncc2C(N)=O)CCN1C(=O)O. The number of carbonyl (C=O) groups is 2. The van der Waals surface area contributed by atoms with Crippen LogP contribution in [0.1, 0.15) is 58.3 Å². The van der Waals surface area contributed by atoms with Gasteiger partial charge in [-0.25, -0.2) is 9.78 Å². The van der Waals surface area contributed by atoms with Crippen molar-refractivity contribution in [3.63, 3.8) is 0 Å². The highest BCUT2D eigenvalue weighted by Gasteiger charge is 2.48. The lowest BCUT2D eigenvalue weighted by molar-refractivity contribution is -0.00113. The molecule has 0 saturated carbocycles. The molecule has 1 fully saturated rings. The van der Waals surface area contributed by atoms with Crippen molar-refractivity contribution in [2.45, 2.75) is 78.2 Å². The maximum Gasteiger partial charge on any atom is 0.407 e. The highest BCUT2D eigenvalue weighted by Crippen LogP contribution is 2.41. The fourth-order valence-electron chi connectivity index (χ4n) is 4.26. The summed E-state index contributed by atoms with van der Waals surface area (Å²) in [5, 5.41) is 13.7. The van der Waals surface area contributed by atoms with Gasteiger partial charge in [-0.15, -0.1) is 0 Å². The molecular formula is C23H39ClN4O4Si. The fourth-order valence-corrected chi connectivity index (χ4v) is 5.46. The number of rotatable bonds is 6. The average Bonchev–Trinajstić information content (AvgIpc) is 2.64. The largest absolute Gasteiger partial charge is 0.465 e. The number of primary amides is 1. The highest BCUT2D eigenvalue weighted by atomic mass is 35.5. The van der Waals surface area contributed by atoms with Crippen molar-refractivity contribution in [1.82, 2.24) is 9.88 Å². The molecule has 10 heteroatoms. The molecule has 33 heavy (non-hydrogen) atoms. The summed E-state index contributed by atoms with van der Waals surface area (Å²) in [6, 6.07) is 1.15. The summed E-state index contributed by atoms with van der Waals surface area (Å²) in [7, 11) is -2.09. The second-order valence-corrected chi connectivity index (χ2v) is 16.7. The number of carbonyl (C=O) groups excluding carboxylic acids is 1. The maximum absolute atomic E-state index is 12.2. The maximum atomic E-state index is 12.2. The van der Waals surface area contributed by atoms with Gasteiger partial charge in [0.2, 0.25) is 0 Å². The topological polar surface area (TPSA) is 118 Å². The number of nitrogens with one attached hydrogen (secondary N) is 1. The first-order valence-corrected chi connectivity index (χ1v) is 14.6. The van der Waals surface area contributed by atoms with Gasteiger partial charge in [-0.3, -0.25) is 4.79 Å². The predicted octanol–water partition coefficient (Wildman–Crippen LogP) is 5.05. The van der Waals surface area contributed by atoms with Crippen LogP contribution in [0, 0.1) is 11.3 Å². The van der Waals surface area contributed by atoms with Crippen LogP contribution in [0.3, 0.4) is 0 Å². The Balaban J connectivity index is 2.48. The first kappa shape index (κ1) is 27.4. The van der Waals surface area contributed by atoms with Gasteiger partial charge in [0.05, 0.1) is 11.3 Å². The number of halogens is 1. The molecule has 1 aromatic heterocycles. The third-order valence-electron chi connectivity index (χ3n) is 6.99. The van der Waals surface area contributed by atoms with Gasteiger partial charge in [-0.05, 0) is 36.0 Å². The number of pyridine rings is 1. The number of nitrogens with zero attached hydrogens (tertiary/aromatic N) is 2. The molecule has 2 rings (SSSR count). The second kappa shape index (κ2) is 9.80. The smallest absolute Gasteiger partial charge is 0.407 e. The lowest BCUT2D eigenvalue weighted by Gasteiger charge is -2.51. The average molecular weight is 499 g/mol. The molecule has 4 N–H and O–H groups in total. The van der Waals surface area contributed by atoms with Crippen molar-refractivity contribution < 1.29 is 19.1 Å². The number of nitrogens with two attached hydrogens (primary N) is 1. The van der Waals surface area contributed by atoms with Crippen LogP contribution < -0.4 is 11.1 Å². The standard InChI is InChI=1S/C23H39ClN4O4Si/c1-22(2,3)19-15(13-32-33(7,8)23(4,5)6)16(9-10-28(19)21(30)31)27-17-11-18(24)26-12-14(17)20(25)29/h11-12,15-16,19H,9-10,13H2,1-8H3,(H2,25,29)(H,26,27)(H,30,31)/t15-,16+,19?/m0/s1. The van der Waals surface area contributed by atoms with E-state index in [1.54, 1.807) is 6.07 Å². The van der Waals surface area contributed by atoms with E-state index in [9.17, 15) is 14.7 Å². The molecule has 1 unspecified atom stereocenters. The van der Waals surface area contributed by atoms with Crippen LogP contribution in [0.5, 0.6) is 0 Å². The Hall–Kier alpha value is -1.84. The highest BCUT2D eigenvalue weighted by molar-refractivity contribution is 6.74. The van der Waals surface area contributed by atoms with Crippen LogP contribution >= 0.6 is 11.6 Å². The lowest BCUT2D eigenvalue weighted by Crippen LogP contribution is -2.61. The minimum absolute atomic E-state index is 0.0199. The predicted molar refractivity (Wildman–Crippen MR) is 134 cm³/mol. The van der Waals surface area contributed by atoms with E-state index in [2.05, 4.69) is 44.2 Å². The van der Waals surface area contributed by atoms with Crippen LogP contribution in [0.4, 0.5) is 10.5 Å². The van der Waals surface area contributed by atoms with Crippen molar-refractivity contribution in [3.8, 4) is 0 Å². The number of amides is 2. The van der Waals surface area contributed by atoms with Gasteiger partial charge in [-0.2, -0.15) is 0 Å². The molecule has 1 aromatic rings. The lowest BCUT2D eigenvalue weighted by atomic mass is 9.72. The van der Waals surface area contributed by atoms with Crippen molar-refractivity contribution >= 4 is 37.6 Å². The molecule has 0 aromatic carbocycles. The molecule has 2 amide bonds. The zero-order valence-electron chi connectivity index (χ0n) is 21.0. The second-order valence-electron chi connectivity index (χ2n) is 11.5. The normalized spacial score (nSPS) is 22.2. The number of hydrogen-bond acceptors (Lipinski definition) is 5. The van der Waals surface area contributed by atoms with Gasteiger partial charge in [0.25, 0.3) is 5.91 Å². The Kier molecular flexibility index (Phi) is 8.13. The summed E-state index contributed by atoms with van der Waals surface area (Å²) in [5.41, 5.74) is 5.98. The van der Waals surface area contributed by atoms with E-state index >= 15 is 0 Å². The fraction of sp³-hybridized carbons (Fsp3) is 0.696. The molecule has 1 aliphatic heterocycles. The molecule has 1 aliphatic rings. The summed E-state index contributed by atoms with van der Waals surface area (Å²) in [6.45, 7) is 17.8. The Labute approximate surface area is 203 Å². The first-order valence-electron chi connectivity index (χ1n) is 11.3. The van der Waals surface area contributed by atoms with Crippen molar-refractivity contribution in [1.29, 1.82) is 0 Å². The molecule has 186 valence electrons. The molecule has 8 nitrogen and oxygen atoms in total. The van der Waals surface area contributed by atoms with E-state index in [1.165, 1.54) is 11.1 Å². The Morgan fingerprint density at radius 3 is 2.39 bits per heavy atom. The minimum atomic E-state index is -2.09. The van der Waals surface area contributed by atoms with Crippen LogP contribution in [0.25, 0.3) is 0 Å². The summed E-state index contributed by atoms with van der Waals surface area (Å²) < 4.78 is 6.61. The summed E-state index contributed by atoms with van der Waals surface area (Å²) in [6.07, 6.45) is 0.986. The number of piperidine rings is 1. The van der Waals surface area contributed by atoms with Gasteiger partial charge in [0, 0.05) is 37.4 Å². The van der Waals surface area contributed by atoms with E-state index in [1.807, 2.05) is 20.8 Å². The van der Waals surface area contributed by atoms with E-state index in [4.69, 9.17) is 21.8 Å². The van der Waals surface area contributed by atoms with Gasteiger partial charge >= 0.3 is 6.09 Å². The van der Waals surface area contributed by atoms with Gasteiger partial charge in [0.1, 0.15) is 5.15 Å². The molecule has 0 radical (unpaired) electrons. The zero-order chi connectivity index (χ0) is 25.4. The van der Waals surface area contributed by atoms with Crippen molar-refractivity contribution in [2.75, 3.05) is 18.5 Å². The quantitative estimate of drug-likeness (QED) is 0.373. The molecule has 1 saturated heterocycles. The van der Waals surface area contributed by atoms with Crippen LogP contribution in [-0.4, -0.2) is 60.5 Å². The van der Waals surface area contributed by atoms with Crippen LogP contribution in [0.2, 0.25) is 23.3 Å². The van der Waals surface area contributed by atoms with E-state index in [-0.39, 0.29) is 39.2 Å².